The highest BCUT2D eigenvalue weighted by molar-refractivity contribution is 7.13. The molecule has 1 amide bonds. The summed E-state index contributed by atoms with van der Waals surface area (Å²) < 4.78 is 18.0. The van der Waals surface area contributed by atoms with Crippen molar-refractivity contribution in [3.05, 3.63) is 44.6 Å². The minimum absolute atomic E-state index is 0.0381. The zero-order valence-corrected chi connectivity index (χ0v) is 12.4. The Hall–Kier alpha value is -1.50. The van der Waals surface area contributed by atoms with Crippen molar-refractivity contribution in [1.82, 2.24) is 4.98 Å². The van der Waals surface area contributed by atoms with Gasteiger partial charge in [-0.25, -0.2) is 9.37 Å². The number of ether oxygens (including phenoxy) is 1. The van der Waals surface area contributed by atoms with Crippen molar-refractivity contribution in [2.45, 2.75) is 13.5 Å². The van der Waals surface area contributed by atoms with E-state index in [1.165, 1.54) is 29.5 Å². The molecule has 0 fully saturated rings. The second kappa shape index (κ2) is 6.30. The van der Waals surface area contributed by atoms with Gasteiger partial charge < -0.3 is 10.1 Å². The van der Waals surface area contributed by atoms with Gasteiger partial charge in [0.1, 0.15) is 15.7 Å². The first-order valence-corrected chi connectivity index (χ1v) is 6.92. The Morgan fingerprint density at radius 2 is 2.30 bits per heavy atom. The number of carbonyl (C=O) groups is 1. The number of anilines is 1. The number of methoxy groups -OCH3 is 1. The molecule has 0 aliphatic rings. The molecule has 2 aromatic rings. The predicted octanol–water partition coefficient (Wildman–Crippen LogP) is 3.64. The van der Waals surface area contributed by atoms with Gasteiger partial charge in [-0.2, -0.15) is 0 Å². The zero-order valence-electron chi connectivity index (χ0n) is 10.9. The standard InChI is InChI=1S/C13H12ClFN2O2S/c1-7-12(20-11(16-7)6-19-2)13(18)17-8-3-4-10(15)9(14)5-8/h3-5H,6H2,1-2H3,(H,17,18). The number of aromatic nitrogens is 1. The molecule has 0 saturated carbocycles. The summed E-state index contributed by atoms with van der Waals surface area (Å²) in [6.07, 6.45) is 0. The van der Waals surface area contributed by atoms with Gasteiger partial charge in [0.15, 0.2) is 0 Å². The average Bonchev–Trinajstić information content (AvgIpc) is 2.75. The molecule has 0 bridgehead atoms. The molecule has 20 heavy (non-hydrogen) atoms. The van der Waals surface area contributed by atoms with Gasteiger partial charge in [-0.15, -0.1) is 11.3 Å². The highest BCUT2D eigenvalue weighted by Gasteiger charge is 2.15. The van der Waals surface area contributed by atoms with Crippen molar-refractivity contribution in [1.29, 1.82) is 0 Å². The molecule has 7 heteroatoms. The van der Waals surface area contributed by atoms with Gasteiger partial charge in [-0.05, 0) is 25.1 Å². The van der Waals surface area contributed by atoms with Crippen molar-refractivity contribution >= 4 is 34.5 Å². The summed E-state index contributed by atoms with van der Waals surface area (Å²) >= 11 is 6.93. The number of halogens is 2. The van der Waals surface area contributed by atoms with Crippen LogP contribution in [0, 0.1) is 12.7 Å². The maximum absolute atomic E-state index is 13.0. The van der Waals surface area contributed by atoms with E-state index < -0.39 is 5.82 Å². The fourth-order valence-electron chi connectivity index (χ4n) is 1.61. The van der Waals surface area contributed by atoms with Crippen molar-refractivity contribution in [3.8, 4) is 0 Å². The maximum Gasteiger partial charge on any atom is 0.267 e. The fraction of sp³-hybridized carbons (Fsp3) is 0.231. The van der Waals surface area contributed by atoms with Gasteiger partial charge >= 0.3 is 0 Å². The number of nitrogens with zero attached hydrogens (tertiary/aromatic N) is 1. The first-order valence-electron chi connectivity index (χ1n) is 5.73. The Kier molecular flexibility index (Phi) is 4.69. The molecular weight excluding hydrogens is 303 g/mol. The van der Waals surface area contributed by atoms with E-state index in [-0.39, 0.29) is 10.9 Å². The molecule has 1 heterocycles. The van der Waals surface area contributed by atoms with Crippen molar-refractivity contribution in [2.24, 2.45) is 0 Å². The monoisotopic (exact) mass is 314 g/mol. The number of amides is 1. The Balaban J connectivity index is 2.17. The molecule has 106 valence electrons. The topological polar surface area (TPSA) is 51.2 Å². The Morgan fingerprint density at radius 3 is 2.95 bits per heavy atom. The number of hydrogen-bond donors (Lipinski definition) is 1. The molecule has 0 unspecified atom stereocenters. The predicted molar refractivity (Wildman–Crippen MR) is 76.9 cm³/mol. The van der Waals surface area contributed by atoms with Gasteiger partial charge in [-0.3, -0.25) is 4.79 Å². The van der Waals surface area contributed by atoms with Crippen molar-refractivity contribution < 1.29 is 13.9 Å². The third-order valence-corrected chi connectivity index (χ3v) is 3.91. The molecule has 0 aliphatic heterocycles. The summed E-state index contributed by atoms with van der Waals surface area (Å²) in [4.78, 5) is 16.9. The Morgan fingerprint density at radius 1 is 1.55 bits per heavy atom. The third kappa shape index (κ3) is 3.33. The Bertz CT molecular complexity index is 645. The fourth-order valence-corrected chi connectivity index (χ4v) is 2.72. The largest absolute Gasteiger partial charge is 0.378 e. The first kappa shape index (κ1) is 14.9. The molecule has 4 nitrogen and oxygen atoms in total. The number of benzene rings is 1. The molecular formula is C13H12ClFN2O2S. The SMILES string of the molecule is COCc1nc(C)c(C(=O)Nc2ccc(F)c(Cl)c2)s1. The highest BCUT2D eigenvalue weighted by Crippen LogP contribution is 2.23. The van der Waals surface area contributed by atoms with Crippen LogP contribution in [0.25, 0.3) is 0 Å². The van der Waals surface area contributed by atoms with Crippen LogP contribution in [0.5, 0.6) is 0 Å². The quantitative estimate of drug-likeness (QED) is 0.937. The zero-order chi connectivity index (χ0) is 14.7. The van der Waals surface area contributed by atoms with Crippen LogP contribution in [0.4, 0.5) is 10.1 Å². The average molecular weight is 315 g/mol. The summed E-state index contributed by atoms with van der Waals surface area (Å²) in [6.45, 7) is 2.11. The lowest BCUT2D eigenvalue weighted by Crippen LogP contribution is -2.11. The van der Waals surface area contributed by atoms with E-state index in [1.807, 2.05) is 0 Å². The lowest BCUT2D eigenvalue weighted by molar-refractivity contribution is 0.103. The minimum Gasteiger partial charge on any atom is -0.378 e. The van der Waals surface area contributed by atoms with E-state index in [0.29, 0.717) is 22.9 Å². The van der Waals surface area contributed by atoms with Crippen LogP contribution in [0.3, 0.4) is 0 Å². The summed E-state index contributed by atoms with van der Waals surface area (Å²) in [5.41, 5.74) is 1.07. The molecule has 2 rings (SSSR count). The lowest BCUT2D eigenvalue weighted by Gasteiger charge is -2.04. The van der Waals surface area contributed by atoms with Gasteiger partial charge in [0, 0.05) is 12.8 Å². The van der Waals surface area contributed by atoms with Crippen LogP contribution >= 0.6 is 22.9 Å². The van der Waals surface area contributed by atoms with E-state index >= 15 is 0 Å². The van der Waals surface area contributed by atoms with Crippen LogP contribution in [-0.4, -0.2) is 18.0 Å². The number of nitrogens with one attached hydrogen (secondary N) is 1. The molecule has 0 atom stereocenters. The van der Waals surface area contributed by atoms with E-state index in [0.717, 1.165) is 5.01 Å². The molecule has 0 saturated heterocycles. The summed E-state index contributed by atoms with van der Waals surface area (Å²) in [7, 11) is 1.57. The molecule has 1 aromatic carbocycles. The lowest BCUT2D eigenvalue weighted by atomic mass is 10.3. The number of rotatable bonds is 4. The van der Waals surface area contributed by atoms with Crippen LogP contribution in [0.2, 0.25) is 5.02 Å². The van der Waals surface area contributed by atoms with E-state index in [1.54, 1.807) is 14.0 Å². The third-order valence-electron chi connectivity index (χ3n) is 2.49. The smallest absolute Gasteiger partial charge is 0.267 e. The van der Waals surface area contributed by atoms with Crippen molar-refractivity contribution in [2.75, 3.05) is 12.4 Å². The normalized spacial score (nSPS) is 10.6. The van der Waals surface area contributed by atoms with E-state index in [2.05, 4.69) is 10.3 Å². The van der Waals surface area contributed by atoms with Crippen LogP contribution in [-0.2, 0) is 11.3 Å². The summed E-state index contributed by atoms with van der Waals surface area (Å²) in [6, 6.07) is 4.01. The molecule has 0 spiro atoms. The van der Waals surface area contributed by atoms with Crippen LogP contribution in [0.1, 0.15) is 20.4 Å². The highest BCUT2D eigenvalue weighted by atomic mass is 35.5. The molecule has 0 radical (unpaired) electrons. The molecule has 1 N–H and O–H groups in total. The van der Waals surface area contributed by atoms with Crippen molar-refractivity contribution in [3.63, 3.8) is 0 Å². The first-order chi connectivity index (χ1) is 9.51. The number of thiazole rings is 1. The second-order valence-corrected chi connectivity index (χ2v) is 5.53. The van der Waals surface area contributed by atoms with Gasteiger partial charge in [0.05, 0.1) is 17.3 Å². The number of carbonyl (C=O) groups excluding carboxylic acids is 1. The number of aryl methyl sites for hydroxylation is 1. The van der Waals surface area contributed by atoms with Crippen LogP contribution in [0.15, 0.2) is 18.2 Å². The van der Waals surface area contributed by atoms with E-state index in [4.69, 9.17) is 16.3 Å². The van der Waals surface area contributed by atoms with Gasteiger partial charge in [0.25, 0.3) is 5.91 Å². The minimum atomic E-state index is -0.527. The summed E-state index contributed by atoms with van der Waals surface area (Å²) in [5, 5.41) is 3.35. The maximum atomic E-state index is 13.0. The molecule has 0 aliphatic carbocycles. The van der Waals surface area contributed by atoms with Crippen LogP contribution < -0.4 is 5.32 Å². The van der Waals surface area contributed by atoms with E-state index in [9.17, 15) is 9.18 Å². The number of hydrogen-bond acceptors (Lipinski definition) is 4. The summed E-state index contributed by atoms with van der Waals surface area (Å²) in [5.74, 6) is -0.828. The Labute approximate surface area is 124 Å². The van der Waals surface area contributed by atoms with Gasteiger partial charge in [-0.1, -0.05) is 11.6 Å². The van der Waals surface area contributed by atoms with Gasteiger partial charge in [0.2, 0.25) is 0 Å². The second-order valence-electron chi connectivity index (χ2n) is 4.04. The molecule has 1 aromatic heterocycles.